The maximum absolute atomic E-state index is 5.89. The van der Waals surface area contributed by atoms with E-state index in [9.17, 15) is 0 Å². The molecule has 4 unspecified atom stereocenters. The Balaban J connectivity index is 1.89. The Bertz CT molecular complexity index is 227. The molecule has 1 aliphatic carbocycles. The summed E-state index contributed by atoms with van der Waals surface area (Å²) < 4.78 is 0. The van der Waals surface area contributed by atoms with Gasteiger partial charge in [0.15, 0.2) is 0 Å². The minimum absolute atomic E-state index is 0.311. The summed E-state index contributed by atoms with van der Waals surface area (Å²) in [7, 11) is 0. The second-order valence-electron chi connectivity index (χ2n) is 5.37. The summed E-state index contributed by atoms with van der Waals surface area (Å²) in [5, 5.41) is 0. The first kappa shape index (κ1) is 11.2. The third kappa shape index (κ3) is 2.61. The first-order valence-electron chi connectivity index (χ1n) is 6.36. The lowest BCUT2D eigenvalue weighted by atomic mass is 9.95. The van der Waals surface area contributed by atoms with Gasteiger partial charge in [0.25, 0.3) is 0 Å². The summed E-state index contributed by atoms with van der Waals surface area (Å²) in [6, 6.07) is 1.84. The standard InChI is InChI=1S/C13H24N2/c1-10-4-3-5-11(2)15(10)9-12-6-7-13(14)8-12/h6-7,10-13H,3-5,8-9,14H2,1-2H3. The van der Waals surface area contributed by atoms with E-state index in [0.717, 1.165) is 18.5 Å². The monoisotopic (exact) mass is 208 g/mol. The van der Waals surface area contributed by atoms with Crippen LogP contribution in [0.1, 0.15) is 39.5 Å². The van der Waals surface area contributed by atoms with Gasteiger partial charge in [-0.25, -0.2) is 0 Å². The van der Waals surface area contributed by atoms with Crippen molar-refractivity contribution in [3.8, 4) is 0 Å². The van der Waals surface area contributed by atoms with Crippen molar-refractivity contribution in [2.24, 2.45) is 11.7 Å². The molecule has 2 heteroatoms. The van der Waals surface area contributed by atoms with E-state index < -0.39 is 0 Å². The average molecular weight is 208 g/mol. The topological polar surface area (TPSA) is 29.3 Å². The van der Waals surface area contributed by atoms with Crippen LogP contribution >= 0.6 is 0 Å². The Morgan fingerprint density at radius 1 is 1.20 bits per heavy atom. The number of nitrogens with zero attached hydrogens (tertiary/aromatic N) is 1. The van der Waals surface area contributed by atoms with Crippen LogP contribution in [0.15, 0.2) is 12.2 Å². The zero-order valence-electron chi connectivity index (χ0n) is 10.0. The van der Waals surface area contributed by atoms with Crippen LogP contribution in [0.2, 0.25) is 0 Å². The summed E-state index contributed by atoms with van der Waals surface area (Å²) in [5.74, 6) is 0.697. The largest absolute Gasteiger partial charge is 0.324 e. The Morgan fingerprint density at radius 2 is 1.87 bits per heavy atom. The van der Waals surface area contributed by atoms with Crippen molar-refractivity contribution < 1.29 is 0 Å². The van der Waals surface area contributed by atoms with Crippen molar-refractivity contribution >= 4 is 0 Å². The molecule has 15 heavy (non-hydrogen) atoms. The molecule has 2 rings (SSSR count). The SMILES string of the molecule is CC1CCCC(C)N1CC1C=CC(N)C1. The van der Waals surface area contributed by atoms with Crippen molar-refractivity contribution in [3.63, 3.8) is 0 Å². The second kappa shape index (κ2) is 4.67. The van der Waals surface area contributed by atoms with Crippen LogP contribution in [0, 0.1) is 5.92 Å². The second-order valence-corrected chi connectivity index (χ2v) is 5.37. The summed E-state index contributed by atoms with van der Waals surface area (Å²) in [4.78, 5) is 2.68. The van der Waals surface area contributed by atoms with Crippen LogP contribution in [-0.4, -0.2) is 29.6 Å². The van der Waals surface area contributed by atoms with Gasteiger partial charge in [0, 0.05) is 24.7 Å². The quantitative estimate of drug-likeness (QED) is 0.705. The Kier molecular flexibility index (Phi) is 3.47. The summed E-state index contributed by atoms with van der Waals surface area (Å²) >= 11 is 0. The molecular weight excluding hydrogens is 184 g/mol. The van der Waals surface area contributed by atoms with Crippen molar-refractivity contribution in [2.75, 3.05) is 6.54 Å². The van der Waals surface area contributed by atoms with Gasteiger partial charge in [0.2, 0.25) is 0 Å². The molecule has 0 spiro atoms. The van der Waals surface area contributed by atoms with Crippen molar-refractivity contribution in [3.05, 3.63) is 12.2 Å². The van der Waals surface area contributed by atoms with E-state index in [4.69, 9.17) is 5.73 Å². The van der Waals surface area contributed by atoms with Gasteiger partial charge >= 0.3 is 0 Å². The molecule has 0 radical (unpaired) electrons. The number of hydrogen-bond donors (Lipinski definition) is 1. The number of nitrogens with two attached hydrogens (primary N) is 1. The summed E-state index contributed by atoms with van der Waals surface area (Å²) in [5.41, 5.74) is 5.89. The lowest BCUT2D eigenvalue weighted by Crippen LogP contribution is -2.45. The van der Waals surface area contributed by atoms with E-state index in [2.05, 4.69) is 30.9 Å². The molecule has 0 aromatic rings. The van der Waals surface area contributed by atoms with Crippen LogP contribution in [0.4, 0.5) is 0 Å². The van der Waals surface area contributed by atoms with Crippen LogP contribution in [-0.2, 0) is 0 Å². The van der Waals surface area contributed by atoms with E-state index >= 15 is 0 Å². The highest BCUT2D eigenvalue weighted by atomic mass is 15.2. The molecule has 1 fully saturated rings. The smallest absolute Gasteiger partial charge is 0.0229 e. The molecule has 0 aromatic heterocycles. The van der Waals surface area contributed by atoms with Gasteiger partial charge in [-0.1, -0.05) is 18.6 Å². The number of likely N-dealkylation sites (tertiary alicyclic amines) is 1. The predicted octanol–water partition coefficient (Wildman–Crippen LogP) is 2.15. The van der Waals surface area contributed by atoms with E-state index in [1.807, 2.05) is 0 Å². The van der Waals surface area contributed by atoms with Crippen LogP contribution in [0.3, 0.4) is 0 Å². The van der Waals surface area contributed by atoms with Crippen LogP contribution < -0.4 is 5.73 Å². The van der Waals surface area contributed by atoms with Gasteiger partial charge in [-0.05, 0) is 39.0 Å². The average Bonchev–Trinajstić information content (AvgIpc) is 2.58. The molecule has 0 saturated carbocycles. The maximum atomic E-state index is 5.89. The fourth-order valence-electron chi connectivity index (χ4n) is 3.05. The molecule has 1 saturated heterocycles. The van der Waals surface area contributed by atoms with Gasteiger partial charge in [-0.3, -0.25) is 4.90 Å². The first-order chi connectivity index (χ1) is 7.16. The highest BCUT2D eigenvalue weighted by Gasteiger charge is 2.27. The Labute approximate surface area is 93.5 Å². The fraction of sp³-hybridized carbons (Fsp3) is 0.846. The number of piperidine rings is 1. The third-order valence-electron chi connectivity index (χ3n) is 4.03. The molecule has 0 bridgehead atoms. The number of hydrogen-bond acceptors (Lipinski definition) is 2. The van der Waals surface area contributed by atoms with Gasteiger partial charge in [0.1, 0.15) is 0 Å². The molecule has 2 aliphatic rings. The first-order valence-corrected chi connectivity index (χ1v) is 6.36. The summed E-state index contributed by atoms with van der Waals surface area (Å²) in [6.07, 6.45) is 9.77. The third-order valence-corrected chi connectivity index (χ3v) is 4.03. The van der Waals surface area contributed by atoms with Crippen molar-refractivity contribution in [2.45, 2.75) is 57.7 Å². The van der Waals surface area contributed by atoms with Gasteiger partial charge in [-0.2, -0.15) is 0 Å². The minimum atomic E-state index is 0.311. The lowest BCUT2D eigenvalue weighted by Gasteiger charge is -2.40. The highest BCUT2D eigenvalue weighted by molar-refractivity contribution is 5.05. The predicted molar refractivity (Wildman–Crippen MR) is 64.7 cm³/mol. The molecule has 1 aliphatic heterocycles. The fourth-order valence-corrected chi connectivity index (χ4v) is 3.05. The molecule has 4 atom stereocenters. The van der Waals surface area contributed by atoms with E-state index in [-0.39, 0.29) is 0 Å². The maximum Gasteiger partial charge on any atom is 0.0229 e. The van der Waals surface area contributed by atoms with Crippen molar-refractivity contribution in [1.82, 2.24) is 4.90 Å². The zero-order valence-corrected chi connectivity index (χ0v) is 10.0. The zero-order chi connectivity index (χ0) is 10.8. The molecule has 1 heterocycles. The lowest BCUT2D eigenvalue weighted by molar-refractivity contribution is 0.0908. The van der Waals surface area contributed by atoms with E-state index in [0.29, 0.717) is 12.0 Å². The highest BCUT2D eigenvalue weighted by Crippen LogP contribution is 2.26. The minimum Gasteiger partial charge on any atom is -0.324 e. The molecule has 0 aromatic carbocycles. The van der Waals surface area contributed by atoms with E-state index in [1.165, 1.54) is 25.8 Å². The molecule has 0 amide bonds. The van der Waals surface area contributed by atoms with Gasteiger partial charge in [-0.15, -0.1) is 0 Å². The Hall–Kier alpha value is -0.340. The van der Waals surface area contributed by atoms with Crippen molar-refractivity contribution in [1.29, 1.82) is 0 Å². The van der Waals surface area contributed by atoms with Gasteiger partial charge < -0.3 is 5.73 Å². The van der Waals surface area contributed by atoms with E-state index in [1.54, 1.807) is 0 Å². The van der Waals surface area contributed by atoms with Crippen LogP contribution in [0.25, 0.3) is 0 Å². The Morgan fingerprint density at radius 3 is 2.40 bits per heavy atom. The normalized spacial score (nSPS) is 42.3. The molecule has 2 N–H and O–H groups in total. The van der Waals surface area contributed by atoms with Gasteiger partial charge in [0.05, 0.1) is 0 Å². The van der Waals surface area contributed by atoms with Crippen LogP contribution in [0.5, 0.6) is 0 Å². The molecule has 2 nitrogen and oxygen atoms in total. The molecular formula is C13H24N2. The number of rotatable bonds is 2. The molecule has 86 valence electrons. The summed E-state index contributed by atoms with van der Waals surface area (Å²) in [6.45, 7) is 5.95.